The largest absolute Gasteiger partial charge is 0.466 e. The van der Waals surface area contributed by atoms with E-state index >= 15 is 0 Å². The van der Waals surface area contributed by atoms with Crippen LogP contribution >= 0.6 is 23.8 Å². The van der Waals surface area contributed by atoms with E-state index < -0.39 is 0 Å². The number of likely N-dealkylation sites (tertiary alicyclic amines) is 1. The number of nitrogens with zero attached hydrogens (tertiary/aromatic N) is 4. The molecule has 0 spiro atoms. The smallest absolute Gasteiger partial charge is 0.309 e. The highest BCUT2D eigenvalue weighted by Gasteiger charge is 2.26. The van der Waals surface area contributed by atoms with Crippen molar-refractivity contribution in [2.45, 2.75) is 33.4 Å². The number of hydrogen-bond donors (Lipinski definition) is 0. The first-order chi connectivity index (χ1) is 12.5. The maximum atomic E-state index is 11.8. The summed E-state index contributed by atoms with van der Waals surface area (Å²) in [5, 5.41) is 5.13. The summed E-state index contributed by atoms with van der Waals surface area (Å²) in [4.78, 5) is 14.1. The summed E-state index contributed by atoms with van der Waals surface area (Å²) in [6.45, 7) is 6.51. The molecule has 0 N–H and O–H groups in total. The van der Waals surface area contributed by atoms with Gasteiger partial charge in [0.25, 0.3) is 0 Å². The molecule has 6 nitrogen and oxygen atoms in total. The van der Waals surface area contributed by atoms with Gasteiger partial charge in [-0.15, -0.1) is 0 Å². The molecular formula is C18H23ClN4O2S. The third-order valence-corrected chi connectivity index (χ3v) is 5.52. The molecular weight excluding hydrogens is 372 g/mol. The molecule has 8 heteroatoms. The highest BCUT2D eigenvalue weighted by molar-refractivity contribution is 7.71. The van der Waals surface area contributed by atoms with Gasteiger partial charge in [-0.25, -0.2) is 4.68 Å². The summed E-state index contributed by atoms with van der Waals surface area (Å²) in [6.07, 6.45) is 3.33. The fourth-order valence-corrected chi connectivity index (χ4v) is 3.53. The first kappa shape index (κ1) is 19.1. The second kappa shape index (κ2) is 8.33. The Morgan fingerprint density at radius 1 is 1.38 bits per heavy atom. The SMILES string of the molecule is CCOC(=O)C1CCN(Cn2ncn(-c3ccc(C)c(Cl)c3)c2=S)CC1. The Balaban J connectivity index is 1.65. The van der Waals surface area contributed by atoms with Crippen LogP contribution in [0, 0.1) is 17.6 Å². The zero-order chi connectivity index (χ0) is 18.7. The predicted molar refractivity (Wildman–Crippen MR) is 103 cm³/mol. The number of carbonyl (C=O) groups excluding carboxylic acids is 1. The second-order valence-electron chi connectivity index (χ2n) is 6.50. The molecule has 1 saturated heterocycles. The van der Waals surface area contributed by atoms with Gasteiger partial charge in [-0.3, -0.25) is 14.3 Å². The Morgan fingerprint density at radius 3 is 2.77 bits per heavy atom. The zero-order valence-corrected chi connectivity index (χ0v) is 16.6. The Hall–Kier alpha value is -1.70. The minimum atomic E-state index is -0.0794. The van der Waals surface area contributed by atoms with Gasteiger partial charge in [-0.1, -0.05) is 17.7 Å². The molecule has 0 saturated carbocycles. The van der Waals surface area contributed by atoms with Crippen LogP contribution in [0.2, 0.25) is 5.02 Å². The fraction of sp³-hybridized carbons (Fsp3) is 0.500. The lowest BCUT2D eigenvalue weighted by Gasteiger charge is -2.30. The molecule has 1 aliphatic heterocycles. The summed E-state index contributed by atoms with van der Waals surface area (Å²) in [7, 11) is 0. The minimum absolute atomic E-state index is 0.00595. The predicted octanol–water partition coefficient (Wildman–Crippen LogP) is 3.60. The number of rotatable bonds is 5. The van der Waals surface area contributed by atoms with E-state index in [4.69, 9.17) is 28.6 Å². The number of hydrogen-bond acceptors (Lipinski definition) is 5. The number of piperidine rings is 1. The van der Waals surface area contributed by atoms with Crippen molar-refractivity contribution in [3.05, 3.63) is 39.9 Å². The average Bonchev–Trinajstić information content (AvgIpc) is 2.99. The Morgan fingerprint density at radius 2 is 2.12 bits per heavy atom. The summed E-state index contributed by atoms with van der Waals surface area (Å²) in [6, 6.07) is 5.84. The van der Waals surface area contributed by atoms with Crippen molar-refractivity contribution < 1.29 is 9.53 Å². The van der Waals surface area contributed by atoms with Crippen LogP contribution in [0.1, 0.15) is 25.3 Å². The van der Waals surface area contributed by atoms with Crippen LogP contribution in [0.3, 0.4) is 0 Å². The first-order valence-corrected chi connectivity index (χ1v) is 9.58. The van der Waals surface area contributed by atoms with Crippen LogP contribution in [-0.2, 0) is 16.2 Å². The molecule has 0 radical (unpaired) electrons. The molecule has 26 heavy (non-hydrogen) atoms. The molecule has 0 atom stereocenters. The first-order valence-electron chi connectivity index (χ1n) is 8.79. The molecule has 2 heterocycles. The molecule has 1 fully saturated rings. The van der Waals surface area contributed by atoms with Crippen LogP contribution in [-0.4, -0.2) is 44.9 Å². The van der Waals surface area contributed by atoms with Crippen molar-refractivity contribution >= 4 is 29.8 Å². The quantitative estimate of drug-likeness (QED) is 0.573. The van der Waals surface area contributed by atoms with Crippen molar-refractivity contribution in [1.82, 2.24) is 19.2 Å². The van der Waals surface area contributed by atoms with E-state index in [-0.39, 0.29) is 11.9 Å². The third kappa shape index (κ3) is 4.16. The maximum Gasteiger partial charge on any atom is 0.309 e. The highest BCUT2D eigenvalue weighted by atomic mass is 35.5. The molecule has 3 rings (SSSR count). The normalized spacial score (nSPS) is 16.0. The lowest BCUT2D eigenvalue weighted by atomic mass is 9.97. The topological polar surface area (TPSA) is 52.3 Å². The van der Waals surface area contributed by atoms with Gasteiger partial charge in [0.1, 0.15) is 6.33 Å². The molecule has 0 amide bonds. The van der Waals surface area contributed by atoms with Gasteiger partial charge in [-0.2, -0.15) is 5.10 Å². The van der Waals surface area contributed by atoms with Gasteiger partial charge in [0.05, 0.1) is 24.9 Å². The lowest BCUT2D eigenvalue weighted by molar-refractivity contribution is -0.149. The zero-order valence-electron chi connectivity index (χ0n) is 15.0. The van der Waals surface area contributed by atoms with Gasteiger partial charge in [0, 0.05) is 18.1 Å². The van der Waals surface area contributed by atoms with Crippen molar-refractivity contribution in [2.24, 2.45) is 5.92 Å². The molecule has 2 aromatic rings. The minimum Gasteiger partial charge on any atom is -0.466 e. The van der Waals surface area contributed by atoms with Crippen molar-refractivity contribution in [2.75, 3.05) is 19.7 Å². The van der Waals surface area contributed by atoms with E-state index in [2.05, 4.69) is 10.00 Å². The van der Waals surface area contributed by atoms with E-state index in [0.717, 1.165) is 37.2 Å². The number of aromatic nitrogens is 3. The number of halogens is 1. The molecule has 1 aromatic heterocycles. The van der Waals surface area contributed by atoms with Gasteiger partial charge in [-0.05, 0) is 56.6 Å². The number of aryl methyl sites for hydroxylation is 1. The number of carbonyl (C=O) groups is 1. The fourth-order valence-electron chi connectivity index (χ4n) is 3.10. The third-order valence-electron chi connectivity index (χ3n) is 4.71. The molecule has 1 aliphatic rings. The molecule has 1 aromatic carbocycles. The van der Waals surface area contributed by atoms with Crippen LogP contribution in [0.5, 0.6) is 0 Å². The van der Waals surface area contributed by atoms with Crippen LogP contribution < -0.4 is 0 Å². The maximum absolute atomic E-state index is 11.8. The van der Waals surface area contributed by atoms with E-state index in [1.807, 2.05) is 36.6 Å². The molecule has 0 aliphatic carbocycles. The van der Waals surface area contributed by atoms with Gasteiger partial charge >= 0.3 is 5.97 Å². The number of benzene rings is 1. The van der Waals surface area contributed by atoms with Gasteiger partial charge in [0.2, 0.25) is 4.77 Å². The van der Waals surface area contributed by atoms with E-state index in [1.54, 1.807) is 11.0 Å². The van der Waals surface area contributed by atoms with Crippen molar-refractivity contribution in [1.29, 1.82) is 0 Å². The van der Waals surface area contributed by atoms with Crippen LogP contribution in [0.15, 0.2) is 24.5 Å². The summed E-state index contributed by atoms with van der Waals surface area (Å²) < 4.78 is 9.39. The summed E-state index contributed by atoms with van der Waals surface area (Å²) in [5.41, 5.74) is 1.93. The number of ether oxygens (including phenoxy) is 1. The van der Waals surface area contributed by atoms with E-state index in [1.165, 1.54) is 0 Å². The standard InChI is InChI=1S/C18H23ClN4O2S/c1-3-25-17(24)14-6-8-21(9-7-14)12-23-18(26)22(11-20-23)15-5-4-13(2)16(19)10-15/h4-5,10-11,14H,3,6-9,12H2,1-2H3. The summed E-state index contributed by atoms with van der Waals surface area (Å²) >= 11 is 11.8. The van der Waals surface area contributed by atoms with E-state index in [9.17, 15) is 4.79 Å². The molecule has 140 valence electrons. The monoisotopic (exact) mass is 394 g/mol. The van der Waals surface area contributed by atoms with E-state index in [0.29, 0.717) is 23.1 Å². The number of esters is 1. The van der Waals surface area contributed by atoms with Crippen molar-refractivity contribution in [3.8, 4) is 5.69 Å². The Bertz CT molecular complexity index is 840. The summed E-state index contributed by atoms with van der Waals surface area (Å²) in [5.74, 6) is -0.0734. The highest BCUT2D eigenvalue weighted by Crippen LogP contribution is 2.21. The van der Waals surface area contributed by atoms with Gasteiger partial charge < -0.3 is 4.74 Å². The Labute approximate surface area is 163 Å². The average molecular weight is 395 g/mol. The Kier molecular flexibility index (Phi) is 6.11. The lowest BCUT2D eigenvalue weighted by Crippen LogP contribution is -2.38. The molecule has 0 unspecified atom stereocenters. The van der Waals surface area contributed by atoms with Crippen LogP contribution in [0.4, 0.5) is 0 Å². The van der Waals surface area contributed by atoms with Crippen molar-refractivity contribution in [3.63, 3.8) is 0 Å². The van der Waals surface area contributed by atoms with Crippen LogP contribution in [0.25, 0.3) is 5.69 Å². The second-order valence-corrected chi connectivity index (χ2v) is 7.27. The molecule has 0 bridgehead atoms. The van der Waals surface area contributed by atoms with Gasteiger partial charge in [0.15, 0.2) is 0 Å².